The molecule has 0 radical (unpaired) electrons. The van der Waals surface area contributed by atoms with E-state index in [2.05, 4.69) is 4.72 Å². The van der Waals surface area contributed by atoms with Crippen LogP contribution in [-0.2, 0) is 16.6 Å². The van der Waals surface area contributed by atoms with Gasteiger partial charge in [0.05, 0.1) is 0 Å². The van der Waals surface area contributed by atoms with Gasteiger partial charge in [0, 0.05) is 6.04 Å². The summed E-state index contributed by atoms with van der Waals surface area (Å²) in [5, 5.41) is 8.71. The van der Waals surface area contributed by atoms with E-state index in [0.717, 1.165) is 25.7 Å². The van der Waals surface area contributed by atoms with Gasteiger partial charge in [-0.25, -0.2) is 13.1 Å². The van der Waals surface area contributed by atoms with Gasteiger partial charge in [0.25, 0.3) is 10.0 Å². The first-order valence-corrected chi connectivity index (χ1v) is 7.32. The fourth-order valence-electron chi connectivity index (χ4n) is 2.09. The third-order valence-electron chi connectivity index (χ3n) is 2.98. The number of rotatable bonds is 4. The Bertz CT molecular complexity index is 460. The van der Waals surface area contributed by atoms with E-state index in [0.29, 0.717) is 0 Å². The highest BCUT2D eigenvalue weighted by Crippen LogP contribution is 2.20. The van der Waals surface area contributed by atoms with E-state index in [1.807, 2.05) is 0 Å². The molecule has 0 amide bonds. The number of sulfonamides is 1. The van der Waals surface area contributed by atoms with Crippen LogP contribution in [0, 0.1) is 0 Å². The Kier molecular flexibility index (Phi) is 3.86. The van der Waals surface area contributed by atoms with Gasteiger partial charge in [0.2, 0.25) is 5.09 Å². The lowest BCUT2D eigenvalue weighted by atomic mass is 9.96. The second-order valence-corrected chi connectivity index (χ2v) is 5.98. The third kappa shape index (κ3) is 3.08. The van der Waals surface area contributed by atoms with Crippen molar-refractivity contribution in [3.05, 3.63) is 17.9 Å². The Morgan fingerprint density at radius 2 is 2.00 bits per heavy atom. The van der Waals surface area contributed by atoms with Gasteiger partial charge in [0.1, 0.15) is 12.4 Å². The van der Waals surface area contributed by atoms with Crippen LogP contribution in [0.1, 0.15) is 37.9 Å². The molecule has 6 heteroatoms. The molecule has 96 valence electrons. The van der Waals surface area contributed by atoms with E-state index in [1.54, 1.807) is 0 Å². The highest BCUT2D eigenvalue weighted by molar-refractivity contribution is 7.89. The normalized spacial score (nSPS) is 18.4. The highest BCUT2D eigenvalue weighted by atomic mass is 32.2. The molecule has 1 saturated carbocycles. The van der Waals surface area contributed by atoms with Gasteiger partial charge in [-0.3, -0.25) is 0 Å². The zero-order valence-corrected chi connectivity index (χ0v) is 10.4. The molecule has 0 unspecified atom stereocenters. The van der Waals surface area contributed by atoms with E-state index in [-0.39, 0.29) is 23.5 Å². The number of aliphatic hydroxyl groups excluding tert-OH is 1. The van der Waals surface area contributed by atoms with E-state index >= 15 is 0 Å². The first-order valence-electron chi connectivity index (χ1n) is 5.84. The van der Waals surface area contributed by atoms with Crippen LogP contribution in [0.25, 0.3) is 0 Å². The lowest BCUT2D eigenvalue weighted by Gasteiger charge is -2.21. The minimum absolute atomic E-state index is 0.0106. The standard InChI is InChI=1S/C11H17NO4S/c13-8-10-6-7-11(16-10)17(14,15)12-9-4-2-1-3-5-9/h6-7,9,12-13H,1-5,8H2. The average Bonchev–Trinajstić information content (AvgIpc) is 2.79. The van der Waals surface area contributed by atoms with Crippen molar-refractivity contribution in [1.29, 1.82) is 0 Å². The first kappa shape index (κ1) is 12.6. The minimum atomic E-state index is -3.58. The van der Waals surface area contributed by atoms with E-state index in [4.69, 9.17) is 9.52 Å². The van der Waals surface area contributed by atoms with Gasteiger partial charge in [-0.2, -0.15) is 0 Å². The largest absolute Gasteiger partial charge is 0.446 e. The van der Waals surface area contributed by atoms with Crippen LogP contribution in [0.3, 0.4) is 0 Å². The smallest absolute Gasteiger partial charge is 0.274 e. The molecular formula is C11H17NO4S. The SMILES string of the molecule is O=S(=O)(NC1CCCCC1)c1ccc(CO)o1. The Hall–Kier alpha value is -0.850. The van der Waals surface area contributed by atoms with E-state index < -0.39 is 10.0 Å². The fourth-order valence-corrected chi connectivity index (χ4v) is 3.34. The molecule has 1 aliphatic rings. The van der Waals surface area contributed by atoms with Crippen molar-refractivity contribution in [1.82, 2.24) is 4.72 Å². The van der Waals surface area contributed by atoms with Gasteiger partial charge in [-0.15, -0.1) is 0 Å². The maximum absolute atomic E-state index is 11.9. The molecule has 0 aliphatic heterocycles. The first-order chi connectivity index (χ1) is 8.12. The lowest BCUT2D eigenvalue weighted by molar-refractivity contribution is 0.236. The zero-order valence-electron chi connectivity index (χ0n) is 9.55. The summed E-state index contributed by atoms with van der Waals surface area (Å²) in [5.74, 6) is 0.258. The maximum atomic E-state index is 11.9. The van der Waals surface area contributed by atoms with Gasteiger partial charge in [0.15, 0.2) is 0 Å². The summed E-state index contributed by atoms with van der Waals surface area (Å²) in [6.07, 6.45) is 5.06. The summed E-state index contributed by atoms with van der Waals surface area (Å²) in [6.45, 7) is -0.293. The Labute approximate surface area is 101 Å². The third-order valence-corrected chi connectivity index (χ3v) is 4.38. The van der Waals surface area contributed by atoms with Crippen LogP contribution >= 0.6 is 0 Å². The molecule has 0 saturated heterocycles. The molecular weight excluding hydrogens is 242 g/mol. The molecule has 1 aromatic heterocycles. The Morgan fingerprint density at radius 1 is 1.29 bits per heavy atom. The number of hydrogen-bond acceptors (Lipinski definition) is 4. The van der Waals surface area contributed by atoms with Crippen molar-refractivity contribution in [2.45, 2.75) is 49.8 Å². The lowest BCUT2D eigenvalue weighted by Crippen LogP contribution is -2.35. The van der Waals surface area contributed by atoms with E-state index in [9.17, 15) is 8.42 Å². The molecule has 0 spiro atoms. The van der Waals surface area contributed by atoms with Gasteiger partial charge in [-0.05, 0) is 25.0 Å². The summed E-state index contributed by atoms with van der Waals surface area (Å²) in [4.78, 5) is 0. The summed E-state index contributed by atoms with van der Waals surface area (Å²) in [5.41, 5.74) is 0. The van der Waals surface area contributed by atoms with Crippen LogP contribution < -0.4 is 4.72 Å². The average molecular weight is 259 g/mol. The molecule has 5 nitrogen and oxygen atoms in total. The Morgan fingerprint density at radius 3 is 2.59 bits per heavy atom. The summed E-state index contributed by atoms with van der Waals surface area (Å²) in [7, 11) is -3.58. The second kappa shape index (κ2) is 5.20. The number of furan rings is 1. The van der Waals surface area contributed by atoms with Crippen LogP contribution in [0.5, 0.6) is 0 Å². The maximum Gasteiger partial charge on any atom is 0.274 e. The number of hydrogen-bond donors (Lipinski definition) is 2. The molecule has 1 heterocycles. The van der Waals surface area contributed by atoms with Crippen molar-refractivity contribution in [3.8, 4) is 0 Å². The monoisotopic (exact) mass is 259 g/mol. The topological polar surface area (TPSA) is 79.5 Å². The van der Waals surface area contributed by atoms with Crippen LogP contribution in [0.15, 0.2) is 21.6 Å². The molecule has 0 bridgehead atoms. The molecule has 1 aliphatic carbocycles. The predicted octanol–water partition coefficient (Wildman–Crippen LogP) is 1.38. The highest BCUT2D eigenvalue weighted by Gasteiger charge is 2.24. The molecule has 0 atom stereocenters. The summed E-state index contributed by atoms with van der Waals surface area (Å²) in [6, 6.07) is 2.85. The van der Waals surface area contributed by atoms with Gasteiger partial charge >= 0.3 is 0 Å². The minimum Gasteiger partial charge on any atom is -0.446 e. The van der Waals surface area contributed by atoms with Gasteiger partial charge in [-0.1, -0.05) is 19.3 Å². The summed E-state index contributed by atoms with van der Waals surface area (Å²) < 4.78 is 31.6. The molecule has 1 fully saturated rings. The van der Waals surface area contributed by atoms with Crippen molar-refractivity contribution < 1.29 is 17.9 Å². The van der Waals surface area contributed by atoms with Crippen LogP contribution in [0.4, 0.5) is 0 Å². The van der Waals surface area contributed by atoms with Crippen molar-refractivity contribution >= 4 is 10.0 Å². The van der Waals surface area contributed by atoms with Crippen molar-refractivity contribution in [2.75, 3.05) is 0 Å². The van der Waals surface area contributed by atoms with Gasteiger partial charge < -0.3 is 9.52 Å². The molecule has 2 N–H and O–H groups in total. The molecule has 0 aromatic carbocycles. The van der Waals surface area contributed by atoms with Crippen molar-refractivity contribution in [2.24, 2.45) is 0 Å². The second-order valence-electron chi connectivity index (χ2n) is 4.34. The van der Waals surface area contributed by atoms with Crippen LogP contribution in [-0.4, -0.2) is 19.6 Å². The van der Waals surface area contributed by atoms with E-state index in [1.165, 1.54) is 18.6 Å². The van der Waals surface area contributed by atoms with Crippen molar-refractivity contribution in [3.63, 3.8) is 0 Å². The Balaban J connectivity index is 2.07. The molecule has 17 heavy (non-hydrogen) atoms. The zero-order chi connectivity index (χ0) is 12.3. The van der Waals surface area contributed by atoms with Crippen LogP contribution in [0.2, 0.25) is 0 Å². The molecule has 2 rings (SSSR count). The number of nitrogens with one attached hydrogen (secondary N) is 1. The fraction of sp³-hybridized carbons (Fsp3) is 0.636. The summed E-state index contributed by atoms with van der Waals surface area (Å²) >= 11 is 0. The number of aliphatic hydroxyl groups is 1. The quantitative estimate of drug-likeness (QED) is 0.856. The predicted molar refractivity (Wildman–Crippen MR) is 61.8 cm³/mol. The molecule has 1 aromatic rings.